The van der Waals surface area contributed by atoms with Gasteiger partial charge in [-0.15, -0.1) is 0 Å². The molecule has 0 aliphatic heterocycles. The van der Waals surface area contributed by atoms with Gasteiger partial charge in [-0.2, -0.15) is 26.3 Å². The molecular weight excluding hydrogens is 570 g/mol. The van der Waals surface area contributed by atoms with Crippen LogP contribution in [0, 0.1) is 0 Å². The summed E-state index contributed by atoms with van der Waals surface area (Å²) >= 11 is 0. The minimum atomic E-state index is -4.39. The molecule has 0 bridgehead atoms. The van der Waals surface area contributed by atoms with Gasteiger partial charge in [-0.1, -0.05) is 85.7 Å². The summed E-state index contributed by atoms with van der Waals surface area (Å²) in [4.78, 5) is 0. The van der Waals surface area contributed by atoms with E-state index in [0.29, 0.717) is 0 Å². The Morgan fingerprint density at radius 3 is 1.18 bits per heavy atom. The van der Waals surface area contributed by atoms with Gasteiger partial charge in [0.25, 0.3) is 0 Å². The molecule has 0 saturated heterocycles. The molecule has 0 atom stereocenters. The summed E-state index contributed by atoms with van der Waals surface area (Å²) in [5.41, 5.74) is 11.9. The third-order valence-corrected chi connectivity index (χ3v) is 9.09. The summed E-state index contributed by atoms with van der Waals surface area (Å²) in [5, 5.41) is 0. The van der Waals surface area contributed by atoms with Gasteiger partial charge in [0, 0.05) is 0 Å². The number of hydrogen-bond acceptors (Lipinski definition) is 0. The van der Waals surface area contributed by atoms with Crippen LogP contribution in [0.1, 0.15) is 72.9 Å². The number of allylic oxidation sites excluding steroid dienone is 4. The van der Waals surface area contributed by atoms with Crippen molar-refractivity contribution < 1.29 is 26.3 Å². The van der Waals surface area contributed by atoms with Crippen molar-refractivity contribution in [3.63, 3.8) is 0 Å². The van der Waals surface area contributed by atoms with E-state index in [-0.39, 0.29) is 0 Å². The normalized spacial score (nSPS) is 14.8. The van der Waals surface area contributed by atoms with Crippen molar-refractivity contribution in [1.82, 2.24) is 0 Å². The molecule has 0 aromatic heterocycles. The maximum absolute atomic E-state index is 13.3. The first kappa shape index (κ1) is 30.0. The topological polar surface area (TPSA) is 0 Å². The Morgan fingerprint density at radius 1 is 0.500 bits per heavy atom. The van der Waals surface area contributed by atoms with Gasteiger partial charge in [0.2, 0.25) is 0 Å². The van der Waals surface area contributed by atoms with Gasteiger partial charge >= 0.3 is 12.4 Å². The lowest BCUT2D eigenvalue weighted by atomic mass is 9.87. The summed E-state index contributed by atoms with van der Waals surface area (Å²) in [6.45, 7) is 4.28. The van der Waals surface area contributed by atoms with Crippen LogP contribution in [-0.2, 0) is 25.2 Å². The maximum atomic E-state index is 13.3. The van der Waals surface area contributed by atoms with E-state index in [1.165, 1.54) is 33.4 Å². The molecule has 0 spiro atoms. The van der Waals surface area contributed by atoms with Crippen molar-refractivity contribution in [1.29, 1.82) is 0 Å². The lowest BCUT2D eigenvalue weighted by Crippen LogP contribution is -2.04. The van der Waals surface area contributed by atoms with Crippen molar-refractivity contribution in [2.75, 3.05) is 0 Å². The second kappa shape index (κ2) is 11.5. The predicted octanol–water partition coefficient (Wildman–Crippen LogP) is 12.0. The fraction of sp³-hybridized carbons (Fsp3) is 0.263. The lowest BCUT2D eigenvalue weighted by molar-refractivity contribution is -0.138. The molecule has 0 fully saturated rings. The van der Waals surface area contributed by atoms with E-state index in [1.807, 2.05) is 24.3 Å². The van der Waals surface area contributed by atoms with Crippen LogP contribution in [0.5, 0.6) is 0 Å². The highest BCUT2D eigenvalue weighted by atomic mass is 19.4. The molecule has 6 heteroatoms. The molecule has 0 heterocycles. The molecule has 0 radical (unpaired) electrons. The highest BCUT2D eigenvalue weighted by Crippen LogP contribution is 2.48. The molecule has 0 N–H and O–H groups in total. The standard InChI is InChI=1S/C38H32F6/c1-3-23-21-27-7-5-9-31(25-11-15-29(16-12-25)37(39,40)41)35(27)33(23)19-20-34-24(4-2)22-28-8-6-10-32(36(28)34)26-13-17-30(18-14-26)38(42,43)44/h5-18H,3-4,19-22H2,1-2H3. The SMILES string of the molecule is CCC1=C(CCC2=C(CC)Cc3cccc(-c4ccc(C(F)(F)F)cc4)c32)c2c(cccc2-c2ccc(C(F)(F)F)cc2)C1. The average Bonchev–Trinajstić information content (AvgIpc) is 3.56. The van der Waals surface area contributed by atoms with Crippen LogP contribution in [-0.4, -0.2) is 0 Å². The molecule has 4 aromatic carbocycles. The van der Waals surface area contributed by atoms with Gasteiger partial charge in [0.15, 0.2) is 0 Å². The first-order valence-electron chi connectivity index (χ1n) is 15.0. The molecule has 226 valence electrons. The third-order valence-electron chi connectivity index (χ3n) is 9.09. The first-order chi connectivity index (χ1) is 21.0. The van der Waals surface area contributed by atoms with Crippen molar-refractivity contribution in [2.45, 2.75) is 64.7 Å². The van der Waals surface area contributed by atoms with Gasteiger partial charge in [0.1, 0.15) is 0 Å². The Balaban J connectivity index is 1.36. The van der Waals surface area contributed by atoms with E-state index in [9.17, 15) is 26.3 Å². The molecule has 0 nitrogen and oxygen atoms in total. The molecule has 0 unspecified atom stereocenters. The van der Waals surface area contributed by atoms with Crippen molar-refractivity contribution >= 4 is 11.1 Å². The zero-order valence-electron chi connectivity index (χ0n) is 24.6. The molecule has 0 amide bonds. The van der Waals surface area contributed by atoms with Crippen LogP contribution in [0.4, 0.5) is 26.3 Å². The number of hydrogen-bond donors (Lipinski definition) is 0. The number of benzene rings is 4. The zero-order chi connectivity index (χ0) is 31.2. The summed E-state index contributed by atoms with van der Waals surface area (Å²) in [7, 11) is 0. The minimum absolute atomic E-state index is 0.665. The Hall–Kier alpha value is -4.06. The van der Waals surface area contributed by atoms with Gasteiger partial charge < -0.3 is 0 Å². The number of rotatable bonds is 7. The summed E-state index contributed by atoms with van der Waals surface area (Å²) < 4.78 is 79.6. The molecule has 0 saturated carbocycles. The molecule has 6 rings (SSSR count). The summed E-state index contributed by atoms with van der Waals surface area (Å²) in [6.07, 6.45) is -3.84. The Morgan fingerprint density at radius 2 is 0.864 bits per heavy atom. The van der Waals surface area contributed by atoms with Crippen molar-refractivity contribution in [3.05, 3.63) is 129 Å². The Kier molecular flexibility index (Phi) is 7.81. The quantitative estimate of drug-likeness (QED) is 0.185. The van der Waals surface area contributed by atoms with Crippen LogP contribution in [0.2, 0.25) is 0 Å². The lowest BCUT2D eigenvalue weighted by Gasteiger charge is -2.17. The van der Waals surface area contributed by atoms with Crippen LogP contribution < -0.4 is 0 Å². The van der Waals surface area contributed by atoms with E-state index in [2.05, 4.69) is 26.0 Å². The highest BCUT2D eigenvalue weighted by Gasteiger charge is 2.32. The Bertz CT molecular complexity index is 1630. The summed E-state index contributed by atoms with van der Waals surface area (Å²) in [5.74, 6) is 0. The average molecular weight is 603 g/mol. The number of halogens is 6. The number of fused-ring (bicyclic) bond motifs is 2. The van der Waals surface area contributed by atoms with Gasteiger partial charge in [-0.25, -0.2) is 0 Å². The largest absolute Gasteiger partial charge is 0.416 e. The highest BCUT2D eigenvalue weighted by molar-refractivity contribution is 5.91. The summed E-state index contributed by atoms with van der Waals surface area (Å²) in [6, 6.07) is 22.9. The fourth-order valence-corrected chi connectivity index (χ4v) is 6.92. The van der Waals surface area contributed by atoms with E-state index in [0.717, 1.165) is 96.2 Å². The molecule has 2 aliphatic carbocycles. The fourth-order valence-electron chi connectivity index (χ4n) is 6.92. The monoisotopic (exact) mass is 602 g/mol. The van der Waals surface area contributed by atoms with Crippen LogP contribution in [0.15, 0.2) is 96.1 Å². The third kappa shape index (κ3) is 5.51. The second-order valence-electron chi connectivity index (χ2n) is 11.6. The van der Waals surface area contributed by atoms with E-state index < -0.39 is 23.5 Å². The first-order valence-corrected chi connectivity index (χ1v) is 15.0. The van der Waals surface area contributed by atoms with Crippen molar-refractivity contribution in [3.8, 4) is 22.3 Å². The predicted molar refractivity (Wildman–Crippen MR) is 165 cm³/mol. The van der Waals surface area contributed by atoms with Crippen LogP contribution in [0.3, 0.4) is 0 Å². The van der Waals surface area contributed by atoms with E-state index in [1.54, 1.807) is 24.3 Å². The molecular formula is C38H32F6. The van der Waals surface area contributed by atoms with Gasteiger partial charge in [-0.3, -0.25) is 0 Å². The molecule has 2 aliphatic rings. The molecule has 44 heavy (non-hydrogen) atoms. The number of alkyl halides is 6. The maximum Gasteiger partial charge on any atom is 0.416 e. The van der Waals surface area contributed by atoms with Crippen molar-refractivity contribution in [2.24, 2.45) is 0 Å². The molecule has 4 aromatic rings. The van der Waals surface area contributed by atoms with Gasteiger partial charge in [0.05, 0.1) is 11.1 Å². The van der Waals surface area contributed by atoms with Crippen LogP contribution >= 0.6 is 0 Å². The second-order valence-corrected chi connectivity index (χ2v) is 11.6. The smallest absolute Gasteiger partial charge is 0.166 e. The van der Waals surface area contributed by atoms with E-state index in [4.69, 9.17) is 0 Å². The Labute approximate surface area is 253 Å². The zero-order valence-corrected chi connectivity index (χ0v) is 24.6. The van der Waals surface area contributed by atoms with Crippen LogP contribution in [0.25, 0.3) is 33.4 Å². The minimum Gasteiger partial charge on any atom is -0.166 e. The van der Waals surface area contributed by atoms with E-state index >= 15 is 0 Å². The van der Waals surface area contributed by atoms with Gasteiger partial charge in [-0.05, 0) is 118 Å².